The number of benzene rings is 2. The summed E-state index contributed by atoms with van der Waals surface area (Å²) in [7, 11) is 0. The van der Waals surface area contributed by atoms with Gasteiger partial charge >= 0.3 is 6.03 Å². The molecule has 3 aromatic rings. The number of nitrogens with one attached hydrogen (secondary N) is 1. The van der Waals surface area contributed by atoms with Gasteiger partial charge in [0.25, 0.3) is 0 Å². The van der Waals surface area contributed by atoms with Crippen molar-refractivity contribution in [2.45, 2.75) is 26.3 Å². The zero-order valence-electron chi connectivity index (χ0n) is 17.6. The van der Waals surface area contributed by atoms with Gasteiger partial charge in [0.05, 0.1) is 30.2 Å². The topological polar surface area (TPSA) is 85.2 Å². The number of aromatic nitrogens is 2. The minimum absolute atomic E-state index is 0.0348. The Morgan fingerprint density at radius 3 is 2.71 bits per heavy atom. The number of aromatic amines is 1. The van der Waals surface area contributed by atoms with Gasteiger partial charge in [0.15, 0.2) is 0 Å². The fourth-order valence-electron chi connectivity index (χ4n) is 4.45. The fourth-order valence-corrected chi connectivity index (χ4v) is 4.45. The van der Waals surface area contributed by atoms with Crippen molar-refractivity contribution in [1.82, 2.24) is 19.8 Å². The molecule has 7 nitrogen and oxygen atoms in total. The van der Waals surface area contributed by atoms with E-state index in [4.69, 9.17) is 10.00 Å². The third-order valence-electron chi connectivity index (χ3n) is 6.19. The van der Waals surface area contributed by atoms with Crippen molar-refractivity contribution in [3.8, 4) is 22.9 Å². The van der Waals surface area contributed by atoms with Crippen LogP contribution in [0, 0.1) is 24.2 Å². The SMILES string of the molecule is Cc1nc2ccc(-c3ccc4c(c3)CN(C(=O)N3CCC(C#N)CC3)CCO4)cc2[nH]1. The zero-order valence-corrected chi connectivity index (χ0v) is 17.6. The molecular weight excluding hydrogens is 390 g/mol. The lowest BCUT2D eigenvalue weighted by Gasteiger charge is -2.33. The first-order valence-corrected chi connectivity index (χ1v) is 10.8. The average molecular weight is 415 g/mol. The van der Waals surface area contributed by atoms with Crippen LogP contribution in [0.5, 0.6) is 5.75 Å². The van der Waals surface area contributed by atoms with E-state index >= 15 is 0 Å². The molecular formula is C24H25N5O2. The highest BCUT2D eigenvalue weighted by atomic mass is 16.5. The number of imidazole rings is 1. The van der Waals surface area contributed by atoms with Gasteiger partial charge in [0.1, 0.15) is 18.2 Å². The number of aryl methyl sites for hydroxylation is 1. The second-order valence-electron chi connectivity index (χ2n) is 8.32. The number of ether oxygens (including phenoxy) is 1. The number of amides is 2. The van der Waals surface area contributed by atoms with E-state index in [0.717, 1.165) is 52.1 Å². The predicted molar refractivity (Wildman–Crippen MR) is 117 cm³/mol. The Labute approximate surface area is 181 Å². The number of nitrogens with zero attached hydrogens (tertiary/aromatic N) is 4. The van der Waals surface area contributed by atoms with Gasteiger partial charge in [-0.1, -0.05) is 12.1 Å². The first kappa shape index (κ1) is 19.4. The van der Waals surface area contributed by atoms with Crippen molar-refractivity contribution >= 4 is 17.1 Å². The molecule has 1 saturated heterocycles. The summed E-state index contributed by atoms with van der Waals surface area (Å²) < 4.78 is 5.94. The van der Waals surface area contributed by atoms with Crippen LogP contribution in [0.25, 0.3) is 22.2 Å². The normalized spacial score (nSPS) is 17.0. The van der Waals surface area contributed by atoms with E-state index in [9.17, 15) is 4.79 Å². The number of fused-ring (bicyclic) bond motifs is 2. The summed E-state index contributed by atoms with van der Waals surface area (Å²) in [5.41, 5.74) is 5.16. The van der Waals surface area contributed by atoms with Crippen LogP contribution in [0.3, 0.4) is 0 Å². The second-order valence-corrected chi connectivity index (χ2v) is 8.32. The molecule has 7 heteroatoms. The Morgan fingerprint density at radius 2 is 1.90 bits per heavy atom. The number of nitriles is 1. The van der Waals surface area contributed by atoms with Gasteiger partial charge in [0, 0.05) is 24.6 Å². The summed E-state index contributed by atoms with van der Waals surface area (Å²) in [5.74, 6) is 1.80. The average Bonchev–Trinajstić information content (AvgIpc) is 3.04. The van der Waals surface area contributed by atoms with E-state index in [0.29, 0.717) is 32.8 Å². The number of piperidine rings is 1. The smallest absolute Gasteiger partial charge is 0.320 e. The standard InChI is InChI=1S/C24H25N5O2/c1-16-26-21-4-2-19(13-22(21)27-16)18-3-5-23-20(12-18)15-29(10-11-31-23)24(30)28-8-6-17(14-25)7-9-28/h2-5,12-13,17H,6-11,15H2,1H3,(H,26,27). The van der Waals surface area contributed by atoms with E-state index in [-0.39, 0.29) is 11.9 Å². The molecule has 0 aliphatic carbocycles. The number of urea groups is 1. The lowest BCUT2D eigenvalue weighted by molar-refractivity contribution is 0.132. The van der Waals surface area contributed by atoms with Crippen molar-refractivity contribution in [1.29, 1.82) is 5.26 Å². The Morgan fingerprint density at radius 1 is 1.13 bits per heavy atom. The second kappa shape index (κ2) is 7.95. The van der Waals surface area contributed by atoms with Crippen LogP contribution in [0.15, 0.2) is 36.4 Å². The summed E-state index contributed by atoms with van der Waals surface area (Å²) in [6, 6.07) is 14.7. The number of rotatable bonds is 1. The molecule has 0 spiro atoms. The van der Waals surface area contributed by atoms with E-state index in [1.54, 1.807) is 0 Å². The molecule has 0 atom stereocenters. The molecule has 2 aliphatic rings. The van der Waals surface area contributed by atoms with Gasteiger partial charge < -0.3 is 19.5 Å². The zero-order chi connectivity index (χ0) is 21.4. The van der Waals surface area contributed by atoms with Crippen molar-refractivity contribution in [3.05, 3.63) is 47.8 Å². The van der Waals surface area contributed by atoms with Crippen LogP contribution in [-0.4, -0.2) is 52.0 Å². The highest BCUT2D eigenvalue weighted by molar-refractivity contribution is 5.82. The van der Waals surface area contributed by atoms with Crippen LogP contribution >= 0.6 is 0 Å². The largest absolute Gasteiger partial charge is 0.491 e. The predicted octanol–water partition coefficient (Wildman–Crippen LogP) is 4.09. The van der Waals surface area contributed by atoms with E-state index in [2.05, 4.69) is 40.3 Å². The van der Waals surface area contributed by atoms with Crippen LogP contribution in [-0.2, 0) is 6.54 Å². The Hall–Kier alpha value is -3.53. The quantitative estimate of drug-likeness (QED) is 0.649. The molecule has 2 amide bonds. The van der Waals surface area contributed by atoms with Crippen molar-refractivity contribution in [2.75, 3.05) is 26.2 Å². The van der Waals surface area contributed by atoms with Crippen LogP contribution < -0.4 is 4.74 Å². The van der Waals surface area contributed by atoms with Crippen LogP contribution in [0.4, 0.5) is 4.79 Å². The van der Waals surface area contributed by atoms with Gasteiger partial charge in [-0.05, 0) is 55.2 Å². The summed E-state index contributed by atoms with van der Waals surface area (Å²) in [5, 5.41) is 9.10. The number of carbonyl (C=O) groups is 1. The lowest BCUT2D eigenvalue weighted by Crippen LogP contribution is -2.46. The van der Waals surface area contributed by atoms with Crippen molar-refractivity contribution < 1.29 is 9.53 Å². The maximum atomic E-state index is 13.1. The van der Waals surface area contributed by atoms with E-state index in [1.165, 1.54) is 0 Å². The first-order valence-electron chi connectivity index (χ1n) is 10.8. The minimum atomic E-state index is 0.0348. The maximum Gasteiger partial charge on any atom is 0.320 e. The summed E-state index contributed by atoms with van der Waals surface area (Å²) in [4.78, 5) is 24.6. The van der Waals surface area contributed by atoms with Gasteiger partial charge in [-0.15, -0.1) is 0 Å². The number of carbonyl (C=O) groups excluding carboxylic acids is 1. The maximum absolute atomic E-state index is 13.1. The number of H-pyrrole nitrogens is 1. The lowest BCUT2D eigenvalue weighted by atomic mass is 9.99. The molecule has 0 radical (unpaired) electrons. The molecule has 31 heavy (non-hydrogen) atoms. The Balaban J connectivity index is 1.38. The fraction of sp³-hybridized carbons (Fsp3) is 0.375. The molecule has 0 bridgehead atoms. The van der Waals surface area contributed by atoms with Crippen molar-refractivity contribution in [2.24, 2.45) is 5.92 Å². The number of hydrogen-bond acceptors (Lipinski definition) is 4. The molecule has 2 aliphatic heterocycles. The number of likely N-dealkylation sites (tertiary alicyclic amines) is 1. The van der Waals surface area contributed by atoms with Gasteiger partial charge in [-0.3, -0.25) is 0 Å². The Kier molecular flexibility index (Phi) is 4.99. The molecule has 1 aromatic heterocycles. The van der Waals surface area contributed by atoms with Crippen molar-refractivity contribution in [3.63, 3.8) is 0 Å². The summed E-state index contributed by atoms with van der Waals surface area (Å²) in [6.45, 7) is 4.79. The van der Waals surface area contributed by atoms with Gasteiger partial charge in [-0.2, -0.15) is 5.26 Å². The minimum Gasteiger partial charge on any atom is -0.491 e. The first-order chi connectivity index (χ1) is 15.1. The third-order valence-corrected chi connectivity index (χ3v) is 6.19. The number of hydrogen-bond donors (Lipinski definition) is 1. The van der Waals surface area contributed by atoms with Crippen LogP contribution in [0.2, 0.25) is 0 Å². The van der Waals surface area contributed by atoms with Gasteiger partial charge in [-0.25, -0.2) is 9.78 Å². The highest BCUT2D eigenvalue weighted by Crippen LogP contribution is 2.31. The van der Waals surface area contributed by atoms with Gasteiger partial charge in [0.2, 0.25) is 0 Å². The van der Waals surface area contributed by atoms with Crippen LogP contribution in [0.1, 0.15) is 24.2 Å². The molecule has 1 fully saturated rings. The van der Waals surface area contributed by atoms with E-state index < -0.39 is 0 Å². The molecule has 5 rings (SSSR count). The molecule has 158 valence electrons. The summed E-state index contributed by atoms with van der Waals surface area (Å²) in [6.07, 6.45) is 1.51. The summed E-state index contributed by atoms with van der Waals surface area (Å²) >= 11 is 0. The molecule has 3 heterocycles. The Bertz CT molecular complexity index is 1170. The highest BCUT2D eigenvalue weighted by Gasteiger charge is 2.28. The third kappa shape index (κ3) is 3.81. The molecule has 2 aromatic carbocycles. The molecule has 1 N–H and O–H groups in total. The molecule has 0 unspecified atom stereocenters. The molecule has 0 saturated carbocycles. The van der Waals surface area contributed by atoms with E-state index in [1.807, 2.05) is 28.9 Å². The monoisotopic (exact) mass is 415 g/mol.